The number of aliphatic hydroxyl groups excluding tert-OH is 1. The van der Waals surface area contributed by atoms with Crippen LogP contribution in [0.1, 0.15) is 16.7 Å². The van der Waals surface area contributed by atoms with Crippen LogP contribution < -0.4 is 4.74 Å². The van der Waals surface area contributed by atoms with Crippen molar-refractivity contribution in [3.05, 3.63) is 59.2 Å². The molecule has 0 saturated heterocycles. The van der Waals surface area contributed by atoms with Gasteiger partial charge in [0.2, 0.25) is 0 Å². The van der Waals surface area contributed by atoms with Crippen molar-refractivity contribution in [2.45, 2.75) is 31.0 Å². The zero-order chi connectivity index (χ0) is 13.9. The van der Waals surface area contributed by atoms with E-state index in [9.17, 15) is 0 Å². The van der Waals surface area contributed by atoms with Crippen LogP contribution in [0.25, 0.3) is 0 Å². The second-order valence-electron chi connectivity index (χ2n) is 5.17. The fourth-order valence-corrected chi connectivity index (χ4v) is 3.44. The third kappa shape index (κ3) is 3.00. The number of hydrogen-bond acceptors (Lipinski definition) is 3. The van der Waals surface area contributed by atoms with Crippen LogP contribution in [-0.2, 0) is 13.0 Å². The SMILES string of the molecule is Cc1ccc2c(c1)CC(CSc1cccc(CO)c1)O2. The average Bonchev–Trinajstić information content (AvgIpc) is 2.87. The standard InChI is InChI=1S/C17H18O2S/c1-12-5-6-17-14(7-12)9-15(19-17)11-20-16-4-2-3-13(8-16)10-18/h2-8,15,18H,9-11H2,1H3. The second kappa shape index (κ2) is 5.90. The molecule has 2 aromatic carbocycles. The van der Waals surface area contributed by atoms with Gasteiger partial charge in [-0.1, -0.05) is 29.8 Å². The van der Waals surface area contributed by atoms with Crippen LogP contribution in [0.4, 0.5) is 0 Å². The van der Waals surface area contributed by atoms with Crippen LogP contribution in [0.2, 0.25) is 0 Å². The van der Waals surface area contributed by atoms with Crippen molar-refractivity contribution in [3.63, 3.8) is 0 Å². The zero-order valence-electron chi connectivity index (χ0n) is 11.5. The fourth-order valence-electron chi connectivity index (χ4n) is 2.46. The Morgan fingerprint density at radius 3 is 3.00 bits per heavy atom. The summed E-state index contributed by atoms with van der Waals surface area (Å²) in [5.41, 5.74) is 3.57. The Morgan fingerprint density at radius 1 is 1.25 bits per heavy atom. The Hall–Kier alpha value is -1.45. The molecule has 1 heterocycles. The molecule has 0 bridgehead atoms. The van der Waals surface area contributed by atoms with Crippen LogP contribution >= 0.6 is 11.8 Å². The molecule has 0 radical (unpaired) electrons. The summed E-state index contributed by atoms with van der Waals surface area (Å²) < 4.78 is 5.97. The first kappa shape index (κ1) is 13.5. The number of rotatable bonds is 4. The van der Waals surface area contributed by atoms with Crippen LogP contribution in [0, 0.1) is 6.92 Å². The summed E-state index contributed by atoms with van der Waals surface area (Å²) in [5, 5.41) is 9.15. The highest BCUT2D eigenvalue weighted by Crippen LogP contribution is 2.32. The van der Waals surface area contributed by atoms with Gasteiger partial charge in [0.15, 0.2) is 0 Å². The van der Waals surface area contributed by atoms with Gasteiger partial charge in [0.25, 0.3) is 0 Å². The monoisotopic (exact) mass is 286 g/mol. The van der Waals surface area contributed by atoms with Crippen LogP contribution in [0.15, 0.2) is 47.4 Å². The first-order valence-electron chi connectivity index (χ1n) is 6.83. The Bertz CT molecular complexity index is 610. The lowest BCUT2D eigenvalue weighted by atomic mass is 10.1. The lowest BCUT2D eigenvalue weighted by molar-refractivity contribution is 0.259. The number of ether oxygens (including phenoxy) is 1. The van der Waals surface area contributed by atoms with Gasteiger partial charge >= 0.3 is 0 Å². The summed E-state index contributed by atoms with van der Waals surface area (Å²) in [4.78, 5) is 1.19. The summed E-state index contributed by atoms with van der Waals surface area (Å²) in [6, 6.07) is 14.4. The molecule has 1 atom stereocenters. The average molecular weight is 286 g/mol. The quantitative estimate of drug-likeness (QED) is 0.871. The minimum Gasteiger partial charge on any atom is -0.489 e. The molecule has 2 nitrogen and oxygen atoms in total. The van der Waals surface area contributed by atoms with Gasteiger partial charge in [0.05, 0.1) is 6.61 Å². The van der Waals surface area contributed by atoms with Gasteiger partial charge in [-0.2, -0.15) is 0 Å². The van der Waals surface area contributed by atoms with Crippen LogP contribution in [0.3, 0.4) is 0 Å². The van der Waals surface area contributed by atoms with E-state index in [-0.39, 0.29) is 12.7 Å². The van der Waals surface area contributed by atoms with E-state index in [0.717, 1.165) is 23.5 Å². The smallest absolute Gasteiger partial charge is 0.123 e. The maximum Gasteiger partial charge on any atom is 0.123 e. The van der Waals surface area contributed by atoms with Gasteiger partial charge < -0.3 is 9.84 Å². The third-order valence-corrected chi connectivity index (χ3v) is 4.60. The first-order chi connectivity index (χ1) is 9.74. The van der Waals surface area contributed by atoms with E-state index < -0.39 is 0 Å². The van der Waals surface area contributed by atoms with E-state index in [1.165, 1.54) is 16.0 Å². The van der Waals surface area contributed by atoms with Crippen molar-refractivity contribution in [2.75, 3.05) is 5.75 Å². The lowest BCUT2D eigenvalue weighted by Crippen LogP contribution is -2.15. The minimum absolute atomic E-state index is 0.0963. The maximum atomic E-state index is 9.15. The molecule has 0 aliphatic carbocycles. The van der Waals surface area contributed by atoms with Crippen molar-refractivity contribution in [1.29, 1.82) is 0 Å². The van der Waals surface area contributed by atoms with Gasteiger partial charge in [-0.05, 0) is 36.2 Å². The number of aryl methyl sites for hydroxylation is 1. The Balaban J connectivity index is 1.60. The lowest BCUT2D eigenvalue weighted by Gasteiger charge is -2.10. The van der Waals surface area contributed by atoms with Gasteiger partial charge in [-0.3, -0.25) is 0 Å². The van der Waals surface area contributed by atoms with Crippen molar-refractivity contribution in [1.82, 2.24) is 0 Å². The van der Waals surface area contributed by atoms with E-state index in [2.05, 4.69) is 31.2 Å². The first-order valence-corrected chi connectivity index (χ1v) is 7.82. The van der Waals surface area contributed by atoms with Crippen molar-refractivity contribution in [2.24, 2.45) is 0 Å². The topological polar surface area (TPSA) is 29.5 Å². The molecule has 3 heteroatoms. The highest BCUT2D eigenvalue weighted by atomic mass is 32.2. The highest BCUT2D eigenvalue weighted by molar-refractivity contribution is 7.99. The summed E-state index contributed by atoms with van der Waals surface area (Å²) in [6.45, 7) is 2.21. The molecule has 0 fully saturated rings. The molecule has 104 valence electrons. The number of benzene rings is 2. The number of hydrogen-bond donors (Lipinski definition) is 1. The van der Waals surface area contributed by atoms with Gasteiger partial charge in [-0.25, -0.2) is 0 Å². The summed E-state index contributed by atoms with van der Waals surface area (Å²) >= 11 is 1.79. The molecule has 1 N–H and O–H groups in total. The Morgan fingerprint density at radius 2 is 2.15 bits per heavy atom. The molecule has 0 saturated carbocycles. The minimum atomic E-state index is 0.0963. The van der Waals surface area contributed by atoms with E-state index in [4.69, 9.17) is 9.84 Å². The number of aliphatic hydroxyl groups is 1. The zero-order valence-corrected chi connectivity index (χ0v) is 12.3. The molecule has 2 aromatic rings. The van der Waals surface area contributed by atoms with Crippen molar-refractivity contribution >= 4 is 11.8 Å². The molecule has 0 spiro atoms. The van der Waals surface area contributed by atoms with E-state index in [1.807, 2.05) is 18.2 Å². The molecule has 1 unspecified atom stereocenters. The molecule has 1 aliphatic heterocycles. The summed E-state index contributed by atoms with van der Waals surface area (Å²) in [7, 11) is 0. The largest absolute Gasteiger partial charge is 0.489 e. The van der Waals surface area contributed by atoms with Crippen LogP contribution in [-0.4, -0.2) is 17.0 Å². The normalized spacial score (nSPS) is 16.8. The molecule has 0 amide bonds. The van der Waals surface area contributed by atoms with E-state index >= 15 is 0 Å². The molecule has 1 aliphatic rings. The molecular weight excluding hydrogens is 268 g/mol. The van der Waals surface area contributed by atoms with Crippen molar-refractivity contribution < 1.29 is 9.84 Å². The summed E-state index contributed by atoms with van der Waals surface area (Å²) in [6.07, 6.45) is 1.23. The fraction of sp³-hybridized carbons (Fsp3) is 0.294. The Kier molecular flexibility index (Phi) is 3.99. The summed E-state index contributed by atoms with van der Waals surface area (Å²) in [5.74, 6) is 1.97. The van der Waals surface area contributed by atoms with Gasteiger partial charge in [0.1, 0.15) is 11.9 Å². The maximum absolute atomic E-state index is 9.15. The molecule has 20 heavy (non-hydrogen) atoms. The number of fused-ring (bicyclic) bond motifs is 1. The van der Waals surface area contributed by atoms with Gasteiger partial charge in [-0.15, -0.1) is 11.8 Å². The highest BCUT2D eigenvalue weighted by Gasteiger charge is 2.22. The number of thioether (sulfide) groups is 1. The predicted molar refractivity (Wildman–Crippen MR) is 82.4 cm³/mol. The third-order valence-electron chi connectivity index (χ3n) is 3.47. The van der Waals surface area contributed by atoms with Crippen molar-refractivity contribution in [3.8, 4) is 5.75 Å². The van der Waals surface area contributed by atoms with Gasteiger partial charge in [0, 0.05) is 17.1 Å². The predicted octanol–water partition coefficient (Wildman–Crippen LogP) is 3.58. The van der Waals surface area contributed by atoms with E-state index in [1.54, 1.807) is 11.8 Å². The Labute approximate surface area is 123 Å². The van der Waals surface area contributed by atoms with Crippen LogP contribution in [0.5, 0.6) is 5.75 Å². The molecule has 0 aromatic heterocycles. The van der Waals surface area contributed by atoms with E-state index in [0.29, 0.717) is 0 Å². The molecule has 3 rings (SSSR count). The molecular formula is C17H18O2S. The second-order valence-corrected chi connectivity index (χ2v) is 6.27.